The van der Waals surface area contributed by atoms with Crippen molar-refractivity contribution in [1.29, 1.82) is 0 Å². The molecule has 0 aromatic heterocycles. The Balaban J connectivity index is 2.81. The molecule has 26 heavy (non-hydrogen) atoms. The Morgan fingerprint density at radius 2 is 2.00 bits per heavy atom. The lowest BCUT2D eigenvalue weighted by atomic mass is 9.79. The van der Waals surface area contributed by atoms with Gasteiger partial charge in [0.2, 0.25) is 5.82 Å². The van der Waals surface area contributed by atoms with Crippen LogP contribution in [-0.4, -0.2) is 45.7 Å². The monoisotopic (exact) mass is 364 g/mol. The molecule has 0 amide bonds. The third-order valence-corrected chi connectivity index (χ3v) is 4.12. The largest absolute Gasteiger partial charge is 0.493 e. The number of carbonyl (C=O) groups is 1. The van der Waals surface area contributed by atoms with Crippen molar-refractivity contribution >= 4 is 11.7 Å². The highest BCUT2D eigenvalue weighted by atomic mass is 19.2. The number of aliphatic imine (C=N–C) groups is 1. The Morgan fingerprint density at radius 1 is 1.31 bits per heavy atom. The zero-order valence-corrected chi connectivity index (χ0v) is 14.8. The second-order valence-corrected chi connectivity index (χ2v) is 5.57. The molecule has 1 heterocycles. The molecule has 6 nitrogen and oxygen atoms in total. The second-order valence-electron chi connectivity index (χ2n) is 5.57. The average molecular weight is 364 g/mol. The number of nitrogens with zero attached hydrogens (tertiary/aromatic N) is 2. The van der Waals surface area contributed by atoms with Gasteiger partial charge in [-0.15, -0.1) is 0 Å². The van der Waals surface area contributed by atoms with Gasteiger partial charge in [-0.25, -0.2) is 15.8 Å². The van der Waals surface area contributed by atoms with E-state index in [1.165, 1.54) is 27.4 Å². The molecule has 1 aliphatic rings. The number of halogens is 2. The van der Waals surface area contributed by atoms with Crippen LogP contribution in [0.2, 0.25) is 0 Å². The van der Waals surface area contributed by atoms with Crippen molar-refractivity contribution in [3.8, 4) is 5.75 Å². The quantitative estimate of drug-likeness (QED) is 0.595. The van der Waals surface area contributed by atoms with E-state index in [2.05, 4.69) is 9.84 Å². The fourth-order valence-electron chi connectivity index (χ4n) is 3.01. The lowest BCUT2D eigenvalue weighted by molar-refractivity contribution is -0.136. The number of benzene rings is 1. The summed E-state index contributed by atoms with van der Waals surface area (Å²) in [5.41, 5.74) is 0.922. The number of hydrogen-bond donors (Lipinski definition) is 0. The molecular formula is C18H18F2N2O4. The summed E-state index contributed by atoms with van der Waals surface area (Å²) in [5.74, 6) is -4.30. The van der Waals surface area contributed by atoms with Crippen molar-refractivity contribution < 1.29 is 27.8 Å². The van der Waals surface area contributed by atoms with E-state index >= 15 is 0 Å². The van der Waals surface area contributed by atoms with Crippen molar-refractivity contribution in [1.82, 2.24) is 0 Å². The SMILES string of the molecule is [C-]#[N+]C1C(C)=NC(COC)=C(C(=O)OC)C1c1ccc(F)c(F)c1OC. The predicted molar refractivity (Wildman–Crippen MR) is 90.1 cm³/mol. The maximum Gasteiger partial charge on any atom is 0.336 e. The van der Waals surface area contributed by atoms with Crippen LogP contribution in [0.5, 0.6) is 5.75 Å². The third-order valence-electron chi connectivity index (χ3n) is 4.12. The highest BCUT2D eigenvalue weighted by molar-refractivity contribution is 6.00. The van der Waals surface area contributed by atoms with E-state index in [-0.39, 0.29) is 29.2 Å². The van der Waals surface area contributed by atoms with E-state index in [1.54, 1.807) is 6.92 Å². The van der Waals surface area contributed by atoms with Gasteiger partial charge in [0.05, 0.1) is 37.8 Å². The Bertz CT molecular complexity index is 827. The molecule has 0 bridgehead atoms. The number of ether oxygens (including phenoxy) is 3. The summed E-state index contributed by atoms with van der Waals surface area (Å²) in [7, 11) is 3.81. The minimum Gasteiger partial charge on any atom is -0.493 e. The molecular weight excluding hydrogens is 346 g/mol. The van der Waals surface area contributed by atoms with E-state index in [9.17, 15) is 13.6 Å². The van der Waals surface area contributed by atoms with Crippen LogP contribution < -0.4 is 4.74 Å². The molecule has 1 aliphatic heterocycles. The summed E-state index contributed by atoms with van der Waals surface area (Å²) in [6.45, 7) is 9.14. The first kappa shape index (κ1) is 19.5. The van der Waals surface area contributed by atoms with Gasteiger partial charge in [-0.3, -0.25) is 4.99 Å². The molecule has 0 saturated heterocycles. The first-order valence-electron chi connectivity index (χ1n) is 7.65. The van der Waals surface area contributed by atoms with Crippen LogP contribution in [0.25, 0.3) is 4.85 Å². The van der Waals surface area contributed by atoms with Crippen molar-refractivity contribution in [2.75, 3.05) is 27.9 Å². The van der Waals surface area contributed by atoms with E-state index in [1.807, 2.05) is 0 Å². The highest BCUT2D eigenvalue weighted by Crippen LogP contribution is 2.42. The molecule has 0 N–H and O–H groups in total. The molecule has 2 unspecified atom stereocenters. The highest BCUT2D eigenvalue weighted by Gasteiger charge is 2.44. The maximum absolute atomic E-state index is 14.2. The summed E-state index contributed by atoms with van der Waals surface area (Å²) in [4.78, 5) is 20.3. The lowest BCUT2D eigenvalue weighted by Crippen LogP contribution is -2.33. The van der Waals surface area contributed by atoms with Gasteiger partial charge < -0.3 is 19.1 Å². The van der Waals surface area contributed by atoms with E-state index in [0.717, 1.165) is 6.07 Å². The third kappa shape index (κ3) is 3.30. The Morgan fingerprint density at radius 3 is 2.54 bits per heavy atom. The number of carbonyl (C=O) groups excluding carboxylic acids is 1. The Hall–Kier alpha value is -2.79. The molecule has 0 radical (unpaired) electrons. The molecule has 0 fully saturated rings. The second kappa shape index (κ2) is 8.06. The van der Waals surface area contributed by atoms with Gasteiger partial charge in [0.25, 0.3) is 6.04 Å². The molecule has 2 rings (SSSR count). The molecule has 8 heteroatoms. The minimum absolute atomic E-state index is 0.00497. The molecule has 2 atom stereocenters. The lowest BCUT2D eigenvalue weighted by Gasteiger charge is -2.27. The Kier molecular flexibility index (Phi) is 6.05. The molecule has 1 aromatic carbocycles. The van der Waals surface area contributed by atoms with Crippen LogP contribution in [0.1, 0.15) is 18.4 Å². The number of methoxy groups -OCH3 is 3. The Labute approximate surface area is 149 Å². The molecule has 138 valence electrons. The van der Waals surface area contributed by atoms with Gasteiger partial charge in [-0.1, -0.05) is 6.07 Å². The fraction of sp³-hybridized carbons (Fsp3) is 0.389. The van der Waals surface area contributed by atoms with Crippen molar-refractivity contribution in [3.05, 3.63) is 52.0 Å². The smallest absolute Gasteiger partial charge is 0.336 e. The zero-order valence-electron chi connectivity index (χ0n) is 14.8. The summed E-state index contributed by atoms with van der Waals surface area (Å²) < 4.78 is 42.8. The molecule has 0 saturated carbocycles. The molecule has 0 aliphatic carbocycles. The summed E-state index contributed by atoms with van der Waals surface area (Å²) in [5, 5.41) is 0. The summed E-state index contributed by atoms with van der Waals surface area (Å²) in [6, 6.07) is 1.33. The molecule has 0 spiro atoms. The minimum atomic E-state index is -1.19. The number of hydrogen-bond acceptors (Lipinski definition) is 5. The predicted octanol–water partition coefficient (Wildman–Crippen LogP) is 2.89. The maximum atomic E-state index is 14.2. The van der Waals surface area contributed by atoms with E-state index in [4.69, 9.17) is 20.8 Å². The van der Waals surface area contributed by atoms with Crippen LogP contribution in [0.4, 0.5) is 8.78 Å². The average Bonchev–Trinajstić information content (AvgIpc) is 2.63. The van der Waals surface area contributed by atoms with Crippen molar-refractivity contribution in [2.24, 2.45) is 4.99 Å². The van der Waals surface area contributed by atoms with Crippen LogP contribution in [-0.2, 0) is 14.3 Å². The van der Waals surface area contributed by atoms with Gasteiger partial charge in [0.1, 0.15) is 5.92 Å². The number of rotatable bonds is 5. The van der Waals surface area contributed by atoms with Crippen LogP contribution >= 0.6 is 0 Å². The standard InChI is InChI=1S/C18H18F2N2O4/c1-9-16(21-2)13(10-6-7-11(19)15(20)17(10)25-4)14(18(23)26-5)12(22-9)8-24-3/h6-7,13,16H,8H2,1,3-5H3. The molecule has 1 aromatic rings. The fourth-order valence-corrected chi connectivity index (χ4v) is 3.01. The van der Waals surface area contributed by atoms with Gasteiger partial charge in [0, 0.05) is 12.7 Å². The van der Waals surface area contributed by atoms with Gasteiger partial charge in [0.15, 0.2) is 11.6 Å². The summed E-state index contributed by atoms with van der Waals surface area (Å²) in [6.07, 6.45) is 0. The number of esters is 1. The normalized spacial score (nSPS) is 19.7. The van der Waals surface area contributed by atoms with Crippen molar-refractivity contribution in [2.45, 2.75) is 18.9 Å². The van der Waals surface area contributed by atoms with Gasteiger partial charge in [-0.2, -0.15) is 4.39 Å². The van der Waals surface area contributed by atoms with Gasteiger partial charge in [-0.05, 0) is 13.0 Å². The first-order chi connectivity index (χ1) is 12.4. The van der Waals surface area contributed by atoms with Crippen LogP contribution in [0.3, 0.4) is 0 Å². The van der Waals surface area contributed by atoms with Crippen molar-refractivity contribution in [3.63, 3.8) is 0 Å². The van der Waals surface area contributed by atoms with E-state index in [0.29, 0.717) is 5.71 Å². The van der Waals surface area contributed by atoms with Crippen LogP contribution in [0, 0.1) is 18.2 Å². The van der Waals surface area contributed by atoms with E-state index < -0.39 is 29.6 Å². The topological polar surface area (TPSA) is 61.5 Å². The van der Waals surface area contributed by atoms with Gasteiger partial charge >= 0.3 is 5.97 Å². The zero-order chi connectivity index (χ0) is 19.4. The first-order valence-corrected chi connectivity index (χ1v) is 7.65. The summed E-state index contributed by atoms with van der Waals surface area (Å²) >= 11 is 0. The van der Waals surface area contributed by atoms with Crippen LogP contribution in [0.15, 0.2) is 28.4 Å².